The van der Waals surface area contributed by atoms with E-state index in [-0.39, 0.29) is 30.4 Å². The van der Waals surface area contributed by atoms with Crippen LogP contribution in [0, 0.1) is 11.8 Å². The molecular formula is C13H21NO5. The van der Waals surface area contributed by atoms with Gasteiger partial charge < -0.3 is 19.8 Å². The van der Waals surface area contributed by atoms with Crippen molar-refractivity contribution < 1.29 is 24.5 Å². The Morgan fingerprint density at radius 1 is 1.16 bits per heavy atom. The first-order valence-corrected chi connectivity index (χ1v) is 6.85. The molecule has 1 aliphatic carbocycles. The molecule has 1 atom stereocenters. The first-order chi connectivity index (χ1) is 9.13. The molecule has 1 amide bonds. The van der Waals surface area contributed by atoms with Gasteiger partial charge in [0.1, 0.15) is 0 Å². The molecule has 0 aromatic heterocycles. The minimum Gasteiger partial charge on any atom is -0.481 e. The number of hydrogen-bond donors (Lipinski definition) is 2. The van der Waals surface area contributed by atoms with Crippen LogP contribution >= 0.6 is 0 Å². The summed E-state index contributed by atoms with van der Waals surface area (Å²) in [5, 5.41) is 18.2. The number of carbonyl (C=O) groups is 2. The SMILES string of the molecule is O=C(O)C1CCC(C(=O)N2CCOCC2CO)CC1. The summed E-state index contributed by atoms with van der Waals surface area (Å²) in [6, 6.07) is -0.251. The number of morpholine rings is 1. The van der Waals surface area contributed by atoms with E-state index in [1.807, 2.05) is 0 Å². The Bertz CT molecular complexity index is 338. The monoisotopic (exact) mass is 271 g/mol. The highest BCUT2D eigenvalue weighted by atomic mass is 16.5. The van der Waals surface area contributed by atoms with Crippen LogP contribution < -0.4 is 0 Å². The highest BCUT2D eigenvalue weighted by Gasteiger charge is 2.35. The number of aliphatic hydroxyl groups excluding tert-OH is 1. The van der Waals surface area contributed by atoms with Crippen LogP contribution in [-0.4, -0.2) is 59.4 Å². The molecule has 1 aliphatic heterocycles. The zero-order valence-corrected chi connectivity index (χ0v) is 11.0. The van der Waals surface area contributed by atoms with E-state index >= 15 is 0 Å². The van der Waals surface area contributed by atoms with Crippen LogP contribution in [0.15, 0.2) is 0 Å². The Morgan fingerprint density at radius 3 is 2.37 bits per heavy atom. The van der Waals surface area contributed by atoms with Gasteiger partial charge in [0.05, 0.1) is 31.8 Å². The fraction of sp³-hybridized carbons (Fsp3) is 0.846. The number of carboxylic acids is 1. The second-order valence-electron chi connectivity index (χ2n) is 5.33. The fourth-order valence-corrected chi connectivity index (χ4v) is 2.92. The summed E-state index contributed by atoms with van der Waals surface area (Å²) in [4.78, 5) is 25.0. The van der Waals surface area contributed by atoms with E-state index < -0.39 is 5.97 Å². The van der Waals surface area contributed by atoms with E-state index in [4.69, 9.17) is 9.84 Å². The quantitative estimate of drug-likeness (QED) is 0.760. The maximum Gasteiger partial charge on any atom is 0.306 e. The highest BCUT2D eigenvalue weighted by Crippen LogP contribution is 2.30. The molecule has 2 N–H and O–H groups in total. The third-order valence-electron chi connectivity index (χ3n) is 4.15. The summed E-state index contributed by atoms with van der Waals surface area (Å²) < 4.78 is 5.26. The molecule has 2 fully saturated rings. The van der Waals surface area contributed by atoms with Crippen molar-refractivity contribution in [1.82, 2.24) is 4.90 Å². The summed E-state index contributed by atoms with van der Waals surface area (Å²) in [7, 11) is 0. The highest BCUT2D eigenvalue weighted by molar-refractivity contribution is 5.80. The molecule has 1 heterocycles. The molecule has 2 aliphatic rings. The number of rotatable bonds is 3. The molecule has 1 unspecified atom stereocenters. The van der Waals surface area contributed by atoms with E-state index in [0.717, 1.165) is 0 Å². The van der Waals surface area contributed by atoms with E-state index in [1.54, 1.807) is 4.90 Å². The number of carboxylic acid groups (broad SMARTS) is 1. The van der Waals surface area contributed by atoms with E-state index in [2.05, 4.69) is 0 Å². The lowest BCUT2D eigenvalue weighted by Gasteiger charge is -2.38. The van der Waals surface area contributed by atoms with Crippen molar-refractivity contribution in [3.05, 3.63) is 0 Å². The maximum atomic E-state index is 12.4. The zero-order chi connectivity index (χ0) is 13.8. The average Bonchev–Trinajstić information content (AvgIpc) is 2.46. The zero-order valence-electron chi connectivity index (χ0n) is 11.0. The number of aliphatic hydroxyl groups is 1. The molecule has 0 aromatic rings. The summed E-state index contributed by atoms with van der Waals surface area (Å²) in [6.07, 6.45) is 2.40. The van der Waals surface area contributed by atoms with Crippen molar-refractivity contribution in [1.29, 1.82) is 0 Å². The fourth-order valence-electron chi connectivity index (χ4n) is 2.92. The van der Waals surface area contributed by atoms with Crippen LogP contribution in [0.4, 0.5) is 0 Å². The Labute approximate surface area is 112 Å². The molecule has 1 saturated heterocycles. The number of aliphatic carboxylic acids is 1. The predicted octanol–water partition coefficient (Wildman–Crippen LogP) is 0.0971. The lowest BCUT2D eigenvalue weighted by Crippen LogP contribution is -2.52. The van der Waals surface area contributed by atoms with E-state index in [0.29, 0.717) is 45.4 Å². The first kappa shape index (κ1) is 14.3. The molecule has 1 saturated carbocycles. The Kier molecular flexibility index (Phi) is 4.76. The summed E-state index contributed by atoms with van der Waals surface area (Å²) in [6.45, 7) is 1.32. The Hall–Kier alpha value is -1.14. The smallest absolute Gasteiger partial charge is 0.306 e. The van der Waals surface area contributed by atoms with Crippen molar-refractivity contribution >= 4 is 11.9 Å². The number of hydrogen-bond acceptors (Lipinski definition) is 4. The summed E-state index contributed by atoms with van der Waals surface area (Å²) >= 11 is 0. The van der Waals surface area contributed by atoms with E-state index in [9.17, 15) is 14.7 Å². The molecule has 6 heteroatoms. The number of amides is 1. The molecule has 108 valence electrons. The normalized spacial score (nSPS) is 32.1. The first-order valence-electron chi connectivity index (χ1n) is 6.85. The molecule has 0 bridgehead atoms. The van der Waals surface area contributed by atoms with Crippen LogP contribution in [-0.2, 0) is 14.3 Å². The van der Waals surface area contributed by atoms with Crippen LogP contribution in [0.2, 0.25) is 0 Å². The number of nitrogens with zero attached hydrogens (tertiary/aromatic N) is 1. The van der Waals surface area contributed by atoms with Gasteiger partial charge in [-0.3, -0.25) is 9.59 Å². The third-order valence-corrected chi connectivity index (χ3v) is 4.15. The van der Waals surface area contributed by atoms with Crippen molar-refractivity contribution in [3.63, 3.8) is 0 Å². The molecule has 2 rings (SSSR count). The van der Waals surface area contributed by atoms with Gasteiger partial charge >= 0.3 is 5.97 Å². The molecular weight excluding hydrogens is 250 g/mol. The van der Waals surface area contributed by atoms with Gasteiger partial charge in [-0.25, -0.2) is 0 Å². The standard InChI is InChI=1S/C13H21NO5/c15-7-11-8-19-6-5-14(11)12(16)9-1-3-10(4-2-9)13(17)18/h9-11,15H,1-8H2,(H,17,18). The van der Waals surface area contributed by atoms with Gasteiger partial charge in [-0.05, 0) is 25.7 Å². The maximum absolute atomic E-state index is 12.4. The molecule has 19 heavy (non-hydrogen) atoms. The number of carbonyl (C=O) groups excluding carboxylic acids is 1. The van der Waals surface area contributed by atoms with Crippen molar-refractivity contribution in [3.8, 4) is 0 Å². The third kappa shape index (κ3) is 3.25. The Balaban J connectivity index is 1.91. The van der Waals surface area contributed by atoms with Gasteiger partial charge in [0, 0.05) is 12.5 Å². The van der Waals surface area contributed by atoms with Crippen LogP contribution in [0.5, 0.6) is 0 Å². The number of ether oxygens (including phenoxy) is 1. The van der Waals surface area contributed by atoms with Gasteiger partial charge in [-0.2, -0.15) is 0 Å². The second-order valence-corrected chi connectivity index (χ2v) is 5.33. The average molecular weight is 271 g/mol. The lowest BCUT2D eigenvalue weighted by atomic mass is 9.81. The van der Waals surface area contributed by atoms with Crippen LogP contribution in [0.1, 0.15) is 25.7 Å². The minimum absolute atomic E-state index is 0.0474. The van der Waals surface area contributed by atoms with Crippen LogP contribution in [0.3, 0.4) is 0 Å². The molecule has 6 nitrogen and oxygen atoms in total. The topological polar surface area (TPSA) is 87.1 Å². The predicted molar refractivity (Wildman–Crippen MR) is 66.5 cm³/mol. The van der Waals surface area contributed by atoms with Gasteiger partial charge in [-0.15, -0.1) is 0 Å². The van der Waals surface area contributed by atoms with Gasteiger partial charge in [0.25, 0.3) is 0 Å². The van der Waals surface area contributed by atoms with Crippen LogP contribution in [0.25, 0.3) is 0 Å². The summed E-state index contributed by atoms with van der Waals surface area (Å²) in [5.41, 5.74) is 0. The van der Waals surface area contributed by atoms with Crippen molar-refractivity contribution in [2.75, 3.05) is 26.4 Å². The van der Waals surface area contributed by atoms with Crippen molar-refractivity contribution in [2.45, 2.75) is 31.7 Å². The second kappa shape index (κ2) is 6.34. The molecule has 0 aromatic carbocycles. The minimum atomic E-state index is -0.759. The van der Waals surface area contributed by atoms with Gasteiger partial charge in [-0.1, -0.05) is 0 Å². The summed E-state index contributed by atoms with van der Waals surface area (Å²) in [5.74, 6) is -1.11. The Morgan fingerprint density at radius 2 is 1.79 bits per heavy atom. The van der Waals surface area contributed by atoms with Gasteiger partial charge in [0.2, 0.25) is 5.91 Å². The van der Waals surface area contributed by atoms with Gasteiger partial charge in [0.15, 0.2) is 0 Å². The molecule has 0 spiro atoms. The van der Waals surface area contributed by atoms with Crippen molar-refractivity contribution in [2.24, 2.45) is 11.8 Å². The van der Waals surface area contributed by atoms with E-state index in [1.165, 1.54) is 0 Å². The largest absolute Gasteiger partial charge is 0.481 e. The molecule has 0 radical (unpaired) electrons. The lowest BCUT2D eigenvalue weighted by molar-refractivity contribution is -0.150.